The summed E-state index contributed by atoms with van der Waals surface area (Å²) in [6.45, 7) is 2.50. The second kappa shape index (κ2) is 3.73. The van der Waals surface area contributed by atoms with E-state index in [4.69, 9.17) is 0 Å². The molecular weight excluding hydrogens is 176 g/mol. The summed E-state index contributed by atoms with van der Waals surface area (Å²) in [5, 5.41) is 0. The van der Waals surface area contributed by atoms with Crippen molar-refractivity contribution < 1.29 is 10.2 Å². The molecule has 0 fully saturated rings. The van der Waals surface area contributed by atoms with E-state index in [1.54, 1.807) is 11.3 Å². The zero-order chi connectivity index (χ0) is 8.67. The van der Waals surface area contributed by atoms with Crippen LogP contribution in [0.25, 0.3) is 0 Å². The molecule has 0 saturated heterocycles. The van der Waals surface area contributed by atoms with Crippen molar-refractivity contribution >= 4 is 0 Å². The summed E-state index contributed by atoms with van der Waals surface area (Å²) in [6.07, 6.45) is 10.6. The van der Waals surface area contributed by atoms with Crippen molar-refractivity contribution in [1.29, 1.82) is 0 Å². The minimum absolute atomic E-state index is 0. The van der Waals surface area contributed by atoms with Gasteiger partial charge in [-0.25, -0.2) is 0 Å². The molecule has 2 heterocycles. The van der Waals surface area contributed by atoms with Gasteiger partial charge in [-0.05, 0) is 32.1 Å². The minimum atomic E-state index is 0. The summed E-state index contributed by atoms with van der Waals surface area (Å²) < 4.78 is 4.97. The second-order valence-electron chi connectivity index (χ2n) is 4.30. The van der Waals surface area contributed by atoms with Crippen LogP contribution in [0.15, 0.2) is 6.20 Å². The van der Waals surface area contributed by atoms with Gasteiger partial charge in [0.2, 0.25) is 0 Å². The van der Waals surface area contributed by atoms with Crippen molar-refractivity contribution in [3.05, 3.63) is 17.5 Å². The number of hydrogen-bond donors (Lipinski definition) is 0. The Bertz CT molecular complexity index is 300. The van der Waals surface area contributed by atoms with E-state index < -0.39 is 0 Å². The van der Waals surface area contributed by atoms with E-state index in [1.165, 1.54) is 51.6 Å². The van der Waals surface area contributed by atoms with Crippen LogP contribution >= 0.6 is 0 Å². The third kappa shape index (κ3) is 1.36. The molecule has 2 aliphatic rings. The molecule has 0 atom stereocenters. The smallest absolute Gasteiger partial charge is 0.199 e. The predicted molar refractivity (Wildman–Crippen MR) is 52.4 cm³/mol. The van der Waals surface area contributed by atoms with Crippen molar-refractivity contribution in [2.45, 2.75) is 51.6 Å². The predicted octanol–water partition coefficient (Wildman–Crippen LogP) is 1.27. The van der Waals surface area contributed by atoms with Crippen molar-refractivity contribution in [2.75, 3.05) is 0 Å². The molecule has 0 amide bonds. The summed E-state index contributed by atoms with van der Waals surface area (Å²) >= 11 is 0. The van der Waals surface area contributed by atoms with Crippen molar-refractivity contribution in [2.24, 2.45) is 0 Å². The first kappa shape index (κ1) is 9.71. The maximum absolute atomic E-state index is 2.53. The molecule has 1 aliphatic heterocycles. The Morgan fingerprint density at radius 1 is 1.07 bits per heavy atom. The number of nitrogens with zero attached hydrogens (tertiary/aromatic N) is 2. The van der Waals surface area contributed by atoms with Crippen molar-refractivity contribution in [1.82, 2.24) is 4.68 Å². The molecule has 1 aromatic rings. The molecule has 3 heteroatoms. The molecule has 0 spiro atoms. The van der Waals surface area contributed by atoms with Gasteiger partial charge in [-0.3, -0.25) is 0 Å². The highest BCUT2D eigenvalue weighted by Gasteiger charge is 2.25. The topological polar surface area (TPSA) is 38.8 Å². The molecule has 1 N–H and O–H groups in total. The maximum Gasteiger partial charge on any atom is 0.199 e. The SMILES string of the molecule is [OH-].c1c2c(n3[n+]1CCCC3)CCCC2. The van der Waals surface area contributed by atoms with Crippen LogP contribution in [0, 0.1) is 0 Å². The average Bonchev–Trinajstić information content (AvgIpc) is 2.56. The third-order valence-electron chi connectivity index (χ3n) is 3.41. The lowest BCUT2D eigenvalue weighted by Gasteiger charge is -2.13. The van der Waals surface area contributed by atoms with Crippen LogP contribution in [-0.4, -0.2) is 10.2 Å². The van der Waals surface area contributed by atoms with Gasteiger partial charge in [0, 0.05) is 12.0 Å². The van der Waals surface area contributed by atoms with Gasteiger partial charge in [0.05, 0.1) is 12.2 Å². The van der Waals surface area contributed by atoms with Crippen LogP contribution in [0.1, 0.15) is 36.9 Å². The van der Waals surface area contributed by atoms with Gasteiger partial charge in [-0.1, -0.05) is 0 Å². The van der Waals surface area contributed by atoms with E-state index in [1.807, 2.05) is 0 Å². The highest BCUT2D eigenvalue weighted by Crippen LogP contribution is 2.21. The van der Waals surface area contributed by atoms with Crippen molar-refractivity contribution in [3.8, 4) is 0 Å². The van der Waals surface area contributed by atoms with Crippen molar-refractivity contribution in [3.63, 3.8) is 0 Å². The van der Waals surface area contributed by atoms with Gasteiger partial charge in [-0.15, -0.1) is 4.68 Å². The van der Waals surface area contributed by atoms with E-state index in [0.717, 1.165) is 0 Å². The molecule has 0 radical (unpaired) electrons. The molecule has 78 valence electrons. The first-order chi connectivity index (χ1) is 6.45. The Hall–Kier alpha value is -0.830. The Labute approximate surface area is 84.6 Å². The lowest BCUT2D eigenvalue weighted by molar-refractivity contribution is -0.782. The zero-order valence-corrected chi connectivity index (χ0v) is 8.58. The second-order valence-corrected chi connectivity index (χ2v) is 4.30. The van der Waals surface area contributed by atoms with E-state index in [-0.39, 0.29) is 5.48 Å². The highest BCUT2D eigenvalue weighted by molar-refractivity contribution is 5.18. The molecule has 0 saturated carbocycles. The molecule has 14 heavy (non-hydrogen) atoms. The Morgan fingerprint density at radius 3 is 2.86 bits per heavy atom. The largest absolute Gasteiger partial charge is 0.870 e. The summed E-state index contributed by atoms with van der Waals surface area (Å²) in [4.78, 5) is 0. The van der Waals surface area contributed by atoms with E-state index in [0.29, 0.717) is 0 Å². The zero-order valence-electron chi connectivity index (χ0n) is 8.58. The molecular formula is C11H18N2O. The van der Waals surface area contributed by atoms with Gasteiger partial charge in [0.25, 0.3) is 0 Å². The van der Waals surface area contributed by atoms with Gasteiger partial charge in [-0.2, -0.15) is 4.68 Å². The molecule has 0 aromatic carbocycles. The van der Waals surface area contributed by atoms with Gasteiger partial charge >= 0.3 is 0 Å². The Balaban J connectivity index is 0.000000750. The number of aromatic nitrogens is 2. The fourth-order valence-corrected chi connectivity index (χ4v) is 2.74. The number of fused-ring (bicyclic) bond motifs is 3. The van der Waals surface area contributed by atoms with E-state index in [2.05, 4.69) is 15.6 Å². The minimum Gasteiger partial charge on any atom is -0.870 e. The number of rotatable bonds is 0. The third-order valence-corrected chi connectivity index (χ3v) is 3.41. The van der Waals surface area contributed by atoms with Crippen LogP contribution in [0.5, 0.6) is 0 Å². The monoisotopic (exact) mass is 194 g/mol. The van der Waals surface area contributed by atoms with Crippen LogP contribution in [0.2, 0.25) is 0 Å². The average molecular weight is 194 g/mol. The van der Waals surface area contributed by atoms with E-state index >= 15 is 0 Å². The molecule has 3 nitrogen and oxygen atoms in total. The normalized spacial score (nSPS) is 19.4. The van der Waals surface area contributed by atoms with Gasteiger partial charge in [0.15, 0.2) is 12.7 Å². The Kier molecular flexibility index (Phi) is 2.59. The quantitative estimate of drug-likeness (QED) is 0.573. The highest BCUT2D eigenvalue weighted by atomic mass is 16.0. The van der Waals surface area contributed by atoms with Crippen LogP contribution in [-0.2, 0) is 25.9 Å². The number of hydrogen-bond acceptors (Lipinski definition) is 1. The standard InChI is InChI=1S/C11H17N2.H2O/c1-2-6-11-10(5-1)9-12-7-3-4-8-13(11)12;/h9H,1-8H2;1H2/q+1;/p-1. The van der Waals surface area contributed by atoms with Gasteiger partial charge in [0.1, 0.15) is 0 Å². The molecule has 3 rings (SSSR count). The number of aryl methyl sites for hydroxylation is 2. The van der Waals surface area contributed by atoms with Crippen LogP contribution in [0.3, 0.4) is 0 Å². The maximum atomic E-state index is 2.53. The van der Waals surface area contributed by atoms with Gasteiger partial charge < -0.3 is 5.48 Å². The first-order valence-electron chi connectivity index (χ1n) is 5.56. The molecule has 0 bridgehead atoms. The fourth-order valence-electron chi connectivity index (χ4n) is 2.74. The molecule has 0 unspecified atom stereocenters. The summed E-state index contributed by atoms with van der Waals surface area (Å²) in [5.74, 6) is 0. The first-order valence-corrected chi connectivity index (χ1v) is 5.56. The molecule has 1 aromatic heterocycles. The Morgan fingerprint density at radius 2 is 1.93 bits per heavy atom. The fraction of sp³-hybridized carbons (Fsp3) is 0.727. The summed E-state index contributed by atoms with van der Waals surface area (Å²) in [6, 6.07) is 0. The van der Waals surface area contributed by atoms with Crippen LogP contribution in [0.4, 0.5) is 0 Å². The van der Waals surface area contributed by atoms with Crippen LogP contribution < -0.4 is 4.68 Å². The van der Waals surface area contributed by atoms with E-state index in [9.17, 15) is 0 Å². The lowest BCUT2D eigenvalue weighted by atomic mass is 9.98. The summed E-state index contributed by atoms with van der Waals surface area (Å²) in [7, 11) is 0. The summed E-state index contributed by atoms with van der Waals surface area (Å²) in [5.41, 5.74) is 3.28. The molecule has 1 aliphatic carbocycles. The lowest BCUT2D eigenvalue weighted by Crippen LogP contribution is -2.46.